The van der Waals surface area contributed by atoms with Gasteiger partial charge in [0, 0.05) is 12.3 Å². The SMILES string of the molecule is COC(=O)[C@@H]1C(=O)C[C@](C)(O)[C@@H](C(=O)OC)[C@@H]1c1cccc(O)c1. The van der Waals surface area contributed by atoms with Crippen LogP contribution in [0, 0.1) is 11.8 Å². The number of ether oxygens (including phenoxy) is 2. The Labute approximate surface area is 139 Å². The number of Topliss-reactive ketones (excluding diaryl/α,β-unsaturated/α-hetero) is 1. The lowest BCUT2D eigenvalue weighted by atomic mass is 9.61. The first-order chi connectivity index (χ1) is 11.2. The number of hydrogen-bond acceptors (Lipinski definition) is 7. The van der Waals surface area contributed by atoms with Gasteiger partial charge in [-0.2, -0.15) is 0 Å². The molecule has 0 aromatic heterocycles. The van der Waals surface area contributed by atoms with Crippen LogP contribution in [0.2, 0.25) is 0 Å². The maximum Gasteiger partial charge on any atom is 0.316 e. The molecule has 1 fully saturated rings. The third-order valence-corrected chi connectivity index (χ3v) is 4.43. The molecule has 1 aromatic rings. The van der Waals surface area contributed by atoms with E-state index in [2.05, 4.69) is 0 Å². The molecule has 0 bridgehead atoms. The number of methoxy groups -OCH3 is 2. The van der Waals surface area contributed by atoms with Gasteiger partial charge in [0.15, 0.2) is 5.78 Å². The Morgan fingerprint density at radius 1 is 1.21 bits per heavy atom. The molecule has 0 heterocycles. The molecule has 0 radical (unpaired) electrons. The molecule has 1 saturated carbocycles. The van der Waals surface area contributed by atoms with Gasteiger partial charge in [-0.25, -0.2) is 0 Å². The Hall–Kier alpha value is -2.41. The molecule has 0 spiro atoms. The van der Waals surface area contributed by atoms with E-state index in [0.29, 0.717) is 5.56 Å². The van der Waals surface area contributed by atoms with E-state index in [9.17, 15) is 24.6 Å². The van der Waals surface area contributed by atoms with Gasteiger partial charge in [0.1, 0.15) is 11.7 Å². The minimum absolute atomic E-state index is 0.0857. The third-order valence-electron chi connectivity index (χ3n) is 4.43. The van der Waals surface area contributed by atoms with Crippen molar-refractivity contribution in [2.24, 2.45) is 11.8 Å². The average Bonchev–Trinajstić information content (AvgIpc) is 2.52. The highest BCUT2D eigenvalue weighted by Crippen LogP contribution is 2.47. The molecule has 24 heavy (non-hydrogen) atoms. The number of aromatic hydroxyl groups is 1. The number of hydrogen-bond donors (Lipinski definition) is 2. The van der Waals surface area contributed by atoms with E-state index < -0.39 is 41.1 Å². The molecule has 7 heteroatoms. The van der Waals surface area contributed by atoms with Gasteiger partial charge in [0.25, 0.3) is 0 Å². The van der Waals surface area contributed by atoms with E-state index in [1.165, 1.54) is 32.2 Å². The second-order valence-corrected chi connectivity index (χ2v) is 6.12. The molecule has 0 aliphatic heterocycles. The van der Waals surface area contributed by atoms with Crippen molar-refractivity contribution in [1.29, 1.82) is 0 Å². The van der Waals surface area contributed by atoms with E-state index in [4.69, 9.17) is 9.47 Å². The summed E-state index contributed by atoms with van der Waals surface area (Å²) in [6, 6.07) is 5.88. The quantitative estimate of drug-likeness (QED) is 0.620. The topological polar surface area (TPSA) is 110 Å². The summed E-state index contributed by atoms with van der Waals surface area (Å²) in [5, 5.41) is 20.4. The molecule has 4 atom stereocenters. The summed E-state index contributed by atoms with van der Waals surface area (Å²) in [6.45, 7) is 1.36. The van der Waals surface area contributed by atoms with Crippen LogP contribution in [0.3, 0.4) is 0 Å². The zero-order valence-corrected chi connectivity index (χ0v) is 13.7. The van der Waals surface area contributed by atoms with Crippen LogP contribution in [-0.2, 0) is 23.9 Å². The summed E-state index contributed by atoms with van der Waals surface area (Å²) in [4.78, 5) is 36.9. The zero-order valence-electron chi connectivity index (χ0n) is 13.7. The predicted molar refractivity (Wildman–Crippen MR) is 82.1 cm³/mol. The number of benzene rings is 1. The summed E-state index contributed by atoms with van der Waals surface area (Å²) in [7, 11) is 2.32. The van der Waals surface area contributed by atoms with Crippen LogP contribution >= 0.6 is 0 Å². The van der Waals surface area contributed by atoms with Gasteiger partial charge in [0.05, 0.1) is 25.7 Å². The predicted octanol–water partition coefficient (Wildman–Crippen LogP) is 0.778. The van der Waals surface area contributed by atoms with Crippen LogP contribution < -0.4 is 0 Å². The van der Waals surface area contributed by atoms with Crippen LogP contribution in [0.15, 0.2) is 24.3 Å². The number of carbonyl (C=O) groups excluding carboxylic acids is 3. The summed E-state index contributed by atoms with van der Waals surface area (Å²) >= 11 is 0. The molecule has 7 nitrogen and oxygen atoms in total. The van der Waals surface area contributed by atoms with Gasteiger partial charge in [-0.05, 0) is 24.6 Å². The Kier molecular flexibility index (Phi) is 4.94. The van der Waals surface area contributed by atoms with E-state index in [1.807, 2.05) is 0 Å². The highest BCUT2D eigenvalue weighted by atomic mass is 16.5. The van der Waals surface area contributed by atoms with Gasteiger partial charge >= 0.3 is 11.9 Å². The molecule has 2 N–H and O–H groups in total. The second kappa shape index (κ2) is 6.60. The molecular weight excluding hydrogens is 316 g/mol. The Morgan fingerprint density at radius 2 is 1.83 bits per heavy atom. The molecule has 1 aliphatic carbocycles. The number of phenolic OH excluding ortho intramolecular Hbond substituents is 1. The van der Waals surface area contributed by atoms with Crippen molar-refractivity contribution in [2.45, 2.75) is 24.9 Å². The number of carbonyl (C=O) groups is 3. The Morgan fingerprint density at radius 3 is 2.38 bits per heavy atom. The van der Waals surface area contributed by atoms with Crippen molar-refractivity contribution in [3.63, 3.8) is 0 Å². The zero-order chi connectivity index (χ0) is 18.1. The van der Waals surface area contributed by atoms with Crippen molar-refractivity contribution in [3.05, 3.63) is 29.8 Å². The van der Waals surface area contributed by atoms with Crippen LogP contribution in [0.5, 0.6) is 5.75 Å². The lowest BCUT2D eigenvalue weighted by molar-refractivity contribution is -0.170. The van der Waals surface area contributed by atoms with Gasteiger partial charge in [0.2, 0.25) is 0 Å². The van der Waals surface area contributed by atoms with Crippen LogP contribution in [0.1, 0.15) is 24.8 Å². The molecular formula is C17H20O7. The van der Waals surface area contributed by atoms with E-state index >= 15 is 0 Å². The number of esters is 2. The van der Waals surface area contributed by atoms with E-state index in [1.54, 1.807) is 6.07 Å². The molecule has 0 amide bonds. The van der Waals surface area contributed by atoms with Crippen molar-refractivity contribution < 1.29 is 34.1 Å². The highest BCUT2D eigenvalue weighted by Gasteiger charge is 2.56. The van der Waals surface area contributed by atoms with Gasteiger partial charge in [-0.1, -0.05) is 12.1 Å². The fraction of sp³-hybridized carbons (Fsp3) is 0.471. The lowest BCUT2D eigenvalue weighted by Gasteiger charge is -2.43. The standard InChI is InChI=1S/C17H20O7/c1-17(22)8-11(19)13(15(20)23-2)12(14(17)16(21)24-3)9-5-4-6-10(18)7-9/h4-7,12-14,18,22H,8H2,1-3H3/t12-,13-,14-,17+/m1/s1. The third kappa shape index (κ3) is 3.12. The lowest BCUT2D eigenvalue weighted by Crippen LogP contribution is -2.55. The smallest absolute Gasteiger partial charge is 0.316 e. The maximum atomic E-state index is 12.5. The number of ketones is 1. The summed E-state index contributed by atoms with van der Waals surface area (Å²) in [6.07, 6.45) is -0.373. The summed E-state index contributed by atoms with van der Waals surface area (Å²) in [5.74, 6) is -5.58. The largest absolute Gasteiger partial charge is 0.508 e. The first kappa shape index (κ1) is 17.9. The first-order valence-electron chi connectivity index (χ1n) is 7.42. The minimum Gasteiger partial charge on any atom is -0.508 e. The second-order valence-electron chi connectivity index (χ2n) is 6.12. The first-order valence-corrected chi connectivity index (χ1v) is 7.42. The van der Waals surface area contributed by atoms with Crippen LogP contribution in [0.25, 0.3) is 0 Å². The molecule has 0 saturated heterocycles. The normalized spacial score (nSPS) is 29.8. The molecule has 1 aromatic carbocycles. The number of aliphatic hydroxyl groups is 1. The summed E-state index contributed by atoms with van der Waals surface area (Å²) < 4.78 is 9.50. The fourth-order valence-electron chi connectivity index (χ4n) is 3.40. The maximum absolute atomic E-state index is 12.5. The van der Waals surface area contributed by atoms with Crippen LogP contribution in [-0.4, -0.2) is 47.8 Å². The van der Waals surface area contributed by atoms with Gasteiger partial charge in [-0.3, -0.25) is 14.4 Å². The monoisotopic (exact) mass is 336 g/mol. The highest BCUT2D eigenvalue weighted by molar-refractivity contribution is 6.02. The van der Waals surface area contributed by atoms with Crippen molar-refractivity contribution in [1.82, 2.24) is 0 Å². The van der Waals surface area contributed by atoms with Crippen molar-refractivity contribution in [2.75, 3.05) is 14.2 Å². The molecule has 0 unspecified atom stereocenters. The van der Waals surface area contributed by atoms with E-state index in [0.717, 1.165) is 7.11 Å². The van der Waals surface area contributed by atoms with Crippen molar-refractivity contribution in [3.8, 4) is 5.75 Å². The number of phenols is 1. The summed E-state index contributed by atoms with van der Waals surface area (Å²) in [5.41, 5.74) is -1.32. The fourth-order valence-corrected chi connectivity index (χ4v) is 3.40. The molecule has 1 aliphatic rings. The van der Waals surface area contributed by atoms with Crippen LogP contribution in [0.4, 0.5) is 0 Å². The minimum atomic E-state index is -1.69. The Balaban J connectivity index is 2.65. The molecule has 130 valence electrons. The van der Waals surface area contributed by atoms with Gasteiger partial charge in [-0.15, -0.1) is 0 Å². The molecule has 2 rings (SSSR count). The van der Waals surface area contributed by atoms with Gasteiger partial charge < -0.3 is 19.7 Å². The van der Waals surface area contributed by atoms with E-state index in [-0.39, 0.29) is 12.2 Å². The Bertz CT molecular complexity index is 665. The van der Waals surface area contributed by atoms with Crippen molar-refractivity contribution >= 4 is 17.7 Å². The average molecular weight is 336 g/mol. The number of rotatable bonds is 3.